The van der Waals surface area contributed by atoms with Crippen molar-refractivity contribution in [3.63, 3.8) is 0 Å². The molecule has 2 aromatic rings. The molecule has 0 saturated carbocycles. The van der Waals surface area contributed by atoms with Crippen molar-refractivity contribution in [3.05, 3.63) is 11.8 Å². The van der Waals surface area contributed by atoms with Gasteiger partial charge in [-0.25, -0.2) is 15.6 Å². The van der Waals surface area contributed by atoms with Crippen molar-refractivity contribution in [2.24, 2.45) is 5.84 Å². The SMILES string of the molecule is CCCN(N)c1ncc(C(=O)O)c2n[nH]nc12. The summed E-state index contributed by atoms with van der Waals surface area (Å²) >= 11 is 0. The minimum Gasteiger partial charge on any atom is -0.478 e. The summed E-state index contributed by atoms with van der Waals surface area (Å²) < 4.78 is 0. The van der Waals surface area contributed by atoms with Crippen LogP contribution in [0.4, 0.5) is 5.82 Å². The molecule has 2 aromatic heterocycles. The van der Waals surface area contributed by atoms with Crippen LogP contribution in [0.25, 0.3) is 11.0 Å². The molecule has 2 rings (SSSR count). The molecule has 0 bridgehead atoms. The van der Waals surface area contributed by atoms with Crippen LogP contribution in [-0.2, 0) is 0 Å². The fourth-order valence-electron chi connectivity index (χ4n) is 1.54. The van der Waals surface area contributed by atoms with E-state index >= 15 is 0 Å². The third kappa shape index (κ3) is 1.89. The van der Waals surface area contributed by atoms with Crippen molar-refractivity contribution in [2.75, 3.05) is 11.6 Å². The maximum absolute atomic E-state index is 11.0. The van der Waals surface area contributed by atoms with Gasteiger partial charge in [0.2, 0.25) is 0 Å². The molecular weight excluding hydrogens is 224 g/mol. The van der Waals surface area contributed by atoms with Crippen molar-refractivity contribution < 1.29 is 9.90 Å². The molecule has 0 aromatic carbocycles. The van der Waals surface area contributed by atoms with Crippen LogP contribution < -0.4 is 10.9 Å². The van der Waals surface area contributed by atoms with E-state index in [0.717, 1.165) is 6.42 Å². The summed E-state index contributed by atoms with van der Waals surface area (Å²) in [5, 5.41) is 20.5. The van der Waals surface area contributed by atoms with E-state index in [2.05, 4.69) is 20.4 Å². The number of nitrogens with zero attached hydrogens (tertiary/aromatic N) is 4. The van der Waals surface area contributed by atoms with Crippen LogP contribution >= 0.6 is 0 Å². The standard InChI is InChI=1S/C9H12N6O2/c1-2-3-15(10)8-7-6(12-14-13-7)5(4-11-8)9(16)17/h4H,2-3,10H2,1H3,(H,16,17)(H,12,13,14). The van der Waals surface area contributed by atoms with Crippen LogP contribution in [0.15, 0.2) is 6.20 Å². The molecule has 0 radical (unpaired) electrons. The quantitative estimate of drug-likeness (QED) is 0.510. The van der Waals surface area contributed by atoms with E-state index in [1.807, 2.05) is 6.92 Å². The van der Waals surface area contributed by atoms with Crippen LogP contribution in [-0.4, -0.2) is 38.0 Å². The van der Waals surface area contributed by atoms with Gasteiger partial charge in [0, 0.05) is 12.7 Å². The second-order valence-corrected chi connectivity index (χ2v) is 3.51. The van der Waals surface area contributed by atoms with Crippen LogP contribution in [0.5, 0.6) is 0 Å². The Kier molecular flexibility index (Phi) is 2.88. The van der Waals surface area contributed by atoms with Gasteiger partial charge < -0.3 is 5.11 Å². The van der Waals surface area contributed by atoms with Crippen LogP contribution in [0, 0.1) is 0 Å². The van der Waals surface area contributed by atoms with E-state index in [0.29, 0.717) is 17.9 Å². The van der Waals surface area contributed by atoms with Crippen LogP contribution in [0.2, 0.25) is 0 Å². The number of carbonyl (C=O) groups is 1. The summed E-state index contributed by atoms with van der Waals surface area (Å²) in [6.07, 6.45) is 2.08. The molecule has 0 atom stereocenters. The van der Waals surface area contributed by atoms with Crippen molar-refractivity contribution in [1.82, 2.24) is 20.4 Å². The lowest BCUT2D eigenvalue weighted by Crippen LogP contribution is -2.32. The Morgan fingerprint density at radius 2 is 2.24 bits per heavy atom. The predicted octanol–water partition coefficient (Wildman–Crippen LogP) is 0.141. The lowest BCUT2D eigenvalue weighted by atomic mass is 10.2. The number of aromatic nitrogens is 4. The number of carboxylic acid groups (broad SMARTS) is 1. The highest BCUT2D eigenvalue weighted by Crippen LogP contribution is 2.22. The van der Waals surface area contributed by atoms with Gasteiger partial charge in [0.1, 0.15) is 11.1 Å². The summed E-state index contributed by atoms with van der Waals surface area (Å²) in [4.78, 5) is 15.0. The molecule has 0 aliphatic rings. The zero-order chi connectivity index (χ0) is 12.4. The number of rotatable bonds is 4. The maximum atomic E-state index is 11.0. The van der Waals surface area contributed by atoms with Crippen molar-refractivity contribution in [2.45, 2.75) is 13.3 Å². The number of nitrogens with two attached hydrogens (primary N) is 1. The number of hydrazine groups is 1. The highest BCUT2D eigenvalue weighted by molar-refractivity contribution is 6.02. The van der Waals surface area contributed by atoms with Gasteiger partial charge in [-0.2, -0.15) is 15.4 Å². The molecule has 2 heterocycles. The minimum atomic E-state index is -1.10. The van der Waals surface area contributed by atoms with Gasteiger partial charge in [0.05, 0.1) is 0 Å². The molecule has 4 N–H and O–H groups in total. The number of carboxylic acids is 1. The van der Waals surface area contributed by atoms with Gasteiger partial charge in [0.25, 0.3) is 0 Å². The molecule has 0 aliphatic heterocycles. The Morgan fingerprint density at radius 1 is 1.53 bits per heavy atom. The molecule has 0 unspecified atom stereocenters. The smallest absolute Gasteiger partial charge is 0.339 e. The Bertz CT molecular complexity index is 551. The van der Waals surface area contributed by atoms with E-state index < -0.39 is 5.97 Å². The zero-order valence-corrected chi connectivity index (χ0v) is 9.21. The Labute approximate surface area is 96.4 Å². The molecule has 90 valence electrons. The largest absolute Gasteiger partial charge is 0.478 e. The van der Waals surface area contributed by atoms with Crippen molar-refractivity contribution in [3.8, 4) is 0 Å². The summed E-state index contributed by atoms with van der Waals surface area (Å²) in [7, 11) is 0. The number of nitrogens with one attached hydrogen (secondary N) is 1. The number of pyridine rings is 1. The Balaban J connectivity index is 2.57. The normalized spacial score (nSPS) is 10.7. The van der Waals surface area contributed by atoms with E-state index in [4.69, 9.17) is 10.9 Å². The molecule has 17 heavy (non-hydrogen) atoms. The van der Waals surface area contributed by atoms with Crippen molar-refractivity contribution >= 4 is 22.8 Å². The summed E-state index contributed by atoms with van der Waals surface area (Å²) in [6, 6.07) is 0. The summed E-state index contributed by atoms with van der Waals surface area (Å²) in [5.41, 5.74) is 0.623. The third-order valence-corrected chi connectivity index (χ3v) is 2.30. The molecular formula is C9H12N6O2. The first-order chi connectivity index (χ1) is 8.15. The Morgan fingerprint density at radius 3 is 2.88 bits per heavy atom. The number of fused-ring (bicyclic) bond motifs is 1. The number of hydrogen-bond acceptors (Lipinski definition) is 6. The molecule has 0 aliphatic carbocycles. The predicted molar refractivity (Wildman–Crippen MR) is 60.5 cm³/mol. The fraction of sp³-hybridized carbons (Fsp3) is 0.333. The number of aromatic amines is 1. The molecule has 0 spiro atoms. The van der Waals surface area contributed by atoms with E-state index in [1.54, 1.807) is 0 Å². The number of aromatic carboxylic acids is 1. The zero-order valence-electron chi connectivity index (χ0n) is 9.21. The number of hydrogen-bond donors (Lipinski definition) is 3. The molecule has 0 amide bonds. The van der Waals surface area contributed by atoms with E-state index in [-0.39, 0.29) is 11.1 Å². The molecule has 8 nitrogen and oxygen atoms in total. The Hall–Kier alpha value is -2.22. The molecule has 8 heteroatoms. The van der Waals surface area contributed by atoms with Gasteiger partial charge in [-0.15, -0.1) is 0 Å². The second-order valence-electron chi connectivity index (χ2n) is 3.51. The number of H-pyrrole nitrogens is 1. The van der Waals surface area contributed by atoms with Gasteiger partial charge in [-0.3, -0.25) is 5.01 Å². The molecule has 0 saturated heterocycles. The average Bonchev–Trinajstić information content (AvgIpc) is 2.76. The average molecular weight is 236 g/mol. The minimum absolute atomic E-state index is 0.00222. The van der Waals surface area contributed by atoms with Crippen LogP contribution in [0.1, 0.15) is 23.7 Å². The summed E-state index contributed by atoms with van der Waals surface area (Å²) in [5.74, 6) is 5.12. The van der Waals surface area contributed by atoms with Crippen molar-refractivity contribution in [1.29, 1.82) is 0 Å². The van der Waals surface area contributed by atoms with Gasteiger partial charge >= 0.3 is 5.97 Å². The van der Waals surface area contributed by atoms with E-state index in [1.165, 1.54) is 11.2 Å². The topological polar surface area (TPSA) is 121 Å². The maximum Gasteiger partial charge on any atom is 0.339 e. The monoisotopic (exact) mass is 236 g/mol. The summed E-state index contributed by atoms with van der Waals surface area (Å²) in [6.45, 7) is 2.58. The lowest BCUT2D eigenvalue weighted by molar-refractivity contribution is 0.0698. The highest BCUT2D eigenvalue weighted by atomic mass is 16.4. The van der Waals surface area contributed by atoms with Gasteiger partial charge in [-0.05, 0) is 6.42 Å². The lowest BCUT2D eigenvalue weighted by Gasteiger charge is -2.16. The van der Waals surface area contributed by atoms with E-state index in [9.17, 15) is 4.79 Å². The van der Waals surface area contributed by atoms with Crippen LogP contribution in [0.3, 0.4) is 0 Å². The first kappa shape index (κ1) is 11.3. The van der Waals surface area contributed by atoms with Gasteiger partial charge in [-0.1, -0.05) is 6.92 Å². The second kappa shape index (κ2) is 4.34. The number of anilines is 1. The first-order valence-electron chi connectivity index (χ1n) is 5.10. The van der Waals surface area contributed by atoms with Gasteiger partial charge in [0.15, 0.2) is 11.3 Å². The third-order valence-electron chi connectivity index (χ3n) is 2.30. The first-order valence-corrected chi connectivity index (χ1v) is 5.10. The molecule has 0 fully saturated rings. The fourth-order valence-corrected chi connectivity index (χ4v) is 1.54. The highest BCUT2D eigenvalue weighted by Gasteiger charge is 2.18.